The topological polar surface area (TPSA) is 66.5 Å². The van der Waals surface area contributed by atoms with Gasteiger partial charge in [0.15, 0.2) is 9.84 Å². The molecule has 1 fully saturated rings. The molecule has 0 spiro atoms. The first-order chi connectivity index (χ1) is 9.57. The first-order valence-electron chi connectivity index (χ1n) is 6.93. The maximum Gasteiger partial charge on any atom is 0.225 e. The van der Waals surface area contributed by atoms with Crippen molar-refractivity contribution in [2.45, 2.75) is 31.7 Å². The minimum atomic E-state index is -3.15. The van der Waals surface area contributed by atoms with Crippen molar-refractivity contribution in [3.63, 3.8) is 0 Å². The molecule has 0 bridgehead atoms. The molecule has 1 aliphatic heterocycles. The van der Waals surface area contributed by atoms with Crippen LogP contribution in [0.5, 0.6) is 0 Å². The van der Waals surface area contributed by atoms with E-state index in [0.717, 1.165) is 18.8 Å². The molecule has 2 rings (SSSR count). The van der Waals surface area contributed by atoms with Crippen molar-refractivity contribution in [3.8, 4) is 0 Å². The van der Waals surface area contributed by atoms with Gasteiger partial charge in [-0.2, -0.15) is 0 Å². The summed E-state index contributed by atoms with van der Waals surface area (Å²) in [7, 11) is -3.15. The number of carbonyl (C=O) groups excluding carboxylic acids is 1. The van der Waals surface area contributed by atoms with Gasteiger partial charge in [0.05, 0.1) is 10.9 Å². The average molecular weight is 310 g/mol. The van der Waals surface area contributed by atoms with Gasteiger partial charge in [-0.1, -0.05) is 20.8 Å². The number of nitrogens with zero attached hydrogens (tertiary/aromatic N) is 1. The van der Waals surface area contributed by atoms with E-state index >= 15 is 0 Å². The van der Waals surface area contributed by atoms with E-state index in [1.54, 1.807) is 24.3 Å². The number of benzene rings is 1. The summed E-state index contributed by atoms with van der Waals surface area (Å²) in [5, 5.41) is 3.02. The standard InChI is InChI=1S/C15H22N2O3S/c1-15(2,3)14(18)16-11-9-17(10-11)12-5-7-13(8-6-12)21(4,19)20/h5-8,11H,9-10H2,1-4H3,(H,16,18). The zero-order chi connectivity index (χ0) is 15.8. The van der Waals surface area contributed by atoms with Crippen LogP contribution in [0.3, 0.4) is 0 Å². The van der Waals surface area contributed by atoms with Gasteiger partial charge in [0.1, 0.15) is 0 Å². The zero-order valence-electron chi connectivity index (χ0n) is 12.9. The summed E-state index contributed by atoms with van der Waals surface area (Å²) in [6.45, 7) is 7.17. The maximum absolute atomic E-state index is 11.9. The second-order valence-corrected chi connectivity index (χ2v) is 8.61. The molecular weight excluding hydrogens is 288 g/mol. The van der Waals surface area contributed by atoms with Crippen LogP contribution in [0.4, 0.5) is 5.69 Å². The molecule has 0 atom stereocenters. The van der Waals surface area contributed by atoms with Gasteiger partial charge >= 0.3 is 0 Å². The number of sulfone groups is 1. The highest BCUT2D eigenvalue weighted by atomic mass is 32.2. The highest BCUT2D eigenvalue weighted by molar-refractivity contribution is 7.90. The second-order valence-electron chi connectivity index (χ2n) is 6.59. The van der Waals surface area contributed by atoms with Gasteiger partial charge in [0, 0.05) is 30.4 Å². The SMILES string of the molecule is CC(C)(C)C(=O)NC1CN(c2ccc(S(C)(=O)=O)cc2)C1. The fourth-order valence-electron chi connectivity index (χ4n) is 2.09. The van der Waals surface area contributed by atoms with Crippen molar-refractivity contribution in [3.05, 3.63) is 24.3 Å². The monoisotopic (exact) mass is 310 g/mol. The third-order valence-electron chi connectivity index (χ3n) is 3.53. The summed E-state index contributed by atoms with van der Waals surface area (Å²) in [5.74, 6) is 0.0552. The van der Waals surface area contributed by atoms with E-state index in [9.17, 15) is 13.2 Å². The Morgan fingerprint density at radius 1 is 1.19 bits per heavy atom. The van der Waals surface area contributed by atoms with E-state index in [1.165, 1.54) is 6.26 Å². The van der Waals surface area contributed by atoms with E-state index in [1.807, 2.05) is 20.8 Å². The molecule has 1 aromatic carbocycles. The van der Waals surface area contributed by atoms with E-state index in [4.69, 9.17) is 0 Å². The molecule has 1 aromatic rings. The predicted molar refractivity (Wildman–Crippen MR) is 83.2 cm³/mol. The molecule has 1 N–H and O–H groups in total. The first-order valence-corrected chi connectivity index (χ1v) is 8.82. The van der Waals surface area contributed by atoms with Crippen molar-refractivity contribution in [2.24, 2.45) is 5.41 Å². The molecule has 0 radical (unpaired) electrons. The van der Waals surface area contributed by atoms with Crippen molar-refractivity contribution in [2.75, 3.05) is 24.2 Å². The molecule has 5 nitrogen and oxygen atoms in total. The Morgan fingerprint density at radius 2 is 1.71 bits per heavy atom. The summed E-state index contributed by atoms with van der Waals surface area (Å²) in [6, 6.07) is 7.00. The lowest BCUT2D eigenvalue weighted by Gasteiger charge is -2.42. The summed E-state index contributed by atoms with van der Waals surface area (Å²) in [5.41, 5.74) is 0.598. The summed E-state index contributed by atoms with van der Waals surface area (Å²) in [6.07, 6.45) is 1.20. The minimum absolute atomic E-state index is 0.0552. The van der Waals surface area contributed by atoms with Crippen LogP contribution >= 0.6 is 0 Å². The molecule has 0 saturated carbocycles. The Bertz CT molecular complexity index is 624. The van der Waals surface area contributed by atoms with Crippen LogP contribution in [0.1, 0.15) is 20.8 Å². The van der Waals surface area contributed by atoms with Gasteiger partial charge < -0.3 is 10.2 Å². The van der Waals surface area contributed by atoms with Crippen LogP contribution in [0.25, 0.3) is 0 Å². The van der Waals surface area contributed by atoms with Crippen LogP contribution < -0.4 is 10.2 Å². The van der Waals surface area contributed by atoms with Gasteiger partial charge in [-0.25, -0.2) is 8.42 Å². The van der Waals surface area contributed by atoms with E-state index in [-0.39, 0.29) is 17.4 Å². The lowest BCUT2D eigenvalue weighted by molar-refractivity contribution is -0.129. The summed E-state index contributed by atoms with van der Waals surface area (Å²) in [4.78, 5) is 14.3. The lowest BCUT2D eigenvalue weighted by atomic mass is 9.94. The second kappa shape index (κ2) is 5.33. The molecular formula is C15H22N2O3S. The van der Waals surface area contributed by atoms with Gasteiger partial charge in [0.25, 0.3) is 0 Å². The zero-order valence-corrected chi connectivity index (χ0v) is 13.7. The third kappa shape index (κ3) is 3.75. The van der Waals surface area contributed by atoms with Crippen molar-refractivity contribution < 1.29 is 13.2 Å². The highest BCUT2D eigenvalue weighted by Crippen LogP contribution is 2.23. The van der Waals surface area contributed by atoms with Gasteiger partial charge in [-0.05, 0) is 24.3 Å². The molecule has 1 saturated heterocycles. The van der Waals surface area contributed by atoms with E-state index in [0.29, 0.717) is 4.90 Å². The number of hydrogen-bond acceptors (Lipinski definition) is 4. The number of anilines is 1. The molecule has 116 valence electrons. The fraction of sp³-hybridized carbons (Fsp3) is 0.533. The molecule has 0 aliphatic carbocycles. The van der Waals surface area contributed by atoms with Crippen molar-refractivity contribution in [1.82, 2.24) is 5.32 Å². The lowest BCUT2D eigenvalue weighted by Crippen LogP contribution is -2.60. The minimum Gasteiger partial charge on any atom is -0.367 e. The quantitative estimate of drug-likeness (QED) is 0.917. The van der Waals surface area contributed by atoms with Crippen LogP contribution in [0.2, 0.25) is 0 Å². The number of amides is 1. The number of hydrogen-bond donors (Lipinski definition) is 1. The first kappa shape index (κ1) is 15.8. The molecule has 0 unspecified atom stereocenters. The molecule has 1 aliphatic rings. The maximum atomic E-state index is 11.9. The smallest absolute Gasteiger partial charge is 0.225 e. The Kier molecular flexibility index (Phi) is 4.02. The molecule has 0 aromatic heterocycles. The summed E-state index contributed by atoms with van der Waals surface area (Å²) >= 11 is 0. The fourth-order valence-corrected chi connectivity index (χ4v) is 2.72. The highest BCUT2D eigenvalue weighted by Gasteiger charge is 2.31. The number of rotatable bonds is 3. The molecule has 1 amide bonds. The molecule has 6 heteroatoms. The van der Waals surface area contributed by atoms with E-state index < -0.39 is 9.84 Å². The largest absolute Gasteiger partial charge is 0.367 e. The van der Waals surface area contributed by atoms with Crippen molar-refractivity contribution >= 4 is 21.4 Å². The Morgan fingerprint density at radius 3 is 2.14 bits per heavy atom. The van der Waals surface area contributed by atoms with E-state index in [2.05, 4.69) is 10.2 Å². The van der Waals surface area contributed by atoms with Crippen molar-refractivity contribution in [1.29, 1.82) is 0 Å². The number of carbonyl (C=O) groups is 1. The normalized spacial score (nSPS) is 16.5. The molecule has 1 heterocycles. The Hall–Kier alpha value is -1.56. The van der Waals surface area contributed by atoms with Crippen LogP contribution in [0.15, 0.2) is 29.2 Å². The predicted octanol–water partition coefficient (Wildman–Crippen LogP) is 1.44. The number of nitrogens with one attached hydrogen (secondary N) is 1. The Balaban J connectivity index is 1.92. The van der Waals surface area contributed by atoms with Crippen LogP contribution in [-0.2, 0) is 14.6 Å². The average Bonchev–Trinajstić information content (AvgIpc) is 2.30. The van der Waals surface area contributed by atoms with Crippen LogP contribution in [0, 0.1) is 5.41 Å². The molecule has 21 heavy (non-hydrogen) atoms. The Labute approximate surface area is 126 Å². The third-order valence-corrected chi connectivity index (χ3v) is 4.66. The van der Waals surface area contributed by atoms with Gasteiger partial charge in [0.2, 0.25) is 5.91 Å². The van der Waals surface area contributed by atoms with Gasteiger partial charge in [-0.3, -0.25) is 4.79 Å². The van der Waals surface area contributed by atoms with Crippen LogP contribution in [-0.4, -0.2) is 39.7 Å². The van der Waals surface area contributed by atoms with Gasteiger partial charge in [-0.15, -0.1) is 0 Å². The summed E-state index contributed by atoms with van der Waals surface area (Å²) < 4.78 is 22.8.